The molecule has 3 aromatic rings. The molecule has 4 fully saturated rings. The number of carbonyl (C=O) groups excluding carboxylic acids is 1. The molecule has 4 atom stereocenters. The summed E-state index contributed by atoms with van der Waals surface area (Å²) in [6.45, 7) is 0. The second-order valence-corrected chi connectivity index (χ2v) is 9.53. The van der Waals surface area contributed by atoms with Crippen molar-refractivity contribution in [3.05, 3.63) is 82.9 Å². The number of pyridine rings is 1. The Morgan fingerprint density at radius 3 is 2.70 bits per heavy atom. The predicted octanol–water partition coefficient (Wildman–Crippen LogP) is 5.46. The summed E-state index contributed by atoms with van der Waals surface area (Å²) >= 11 is 5.96. The van der Waals surface area contributed by atoms with Gasteiger partial charge in [0.25, 0.3) is 0 Å². The molecule has 5 nitrogen and oxygen atoms in total. The van der Waals surface area contributed by atoms with Gasteiger partial charge in [-0.25, -0.2) is 4.39 Å². The van der Waals surface area contributed by atoms with Gasteiger partial charge in [-0.3, -0.25) is 9.78 Å². The summed E-state index contributed by atoms with van der Waals surface area (Å²) in [4.78, 5) is 17.7. The molecular weight excluding hydrogens is 441 g/mol. The van der Waals surface area contributed by atoms with Crippen molar-refractivity contribution in [3.63, 3.8) is 0 Å². The van der Waals surface area contributed by atoms with Crippen LogP contribution in [0, 0.1) is 22.6 Å². The molecule has 2 aromatic carbocycles. The minimum atomic E-state index is -0.654. The molecule has 4 heterocycles. The third-order valence-electron chi connectivity index (χ3n) is 7.50. The molecule has 1 saturated carbocycles. The Morgan fingerprint density at radius 1 is 1.18 bits per heavy atom. The summed E-state index contributed by atoms with van der Waals surface area (Å²) in [5, 5.41) is 12.7. The van der Waals surface area contributed by atoms with Gasteiger partial charge in [-0.1, -0.05) is 17.7 Å². The number of amides is 1. The number of halogens is 2. The summed E-state index contributed by atoms with van der Waals surface area (Å²) in [5.74, 6) is -0.689. The molecule has 33 heavy (non-hydrogen) atoms. The number of ether oxygens (including phenoxy) is 1. The summed E-state index contributed by atoms with van der Waals surface area (Å²) < 4.78 is 21.4. The van der Waals surface area contributed by atoms with E-state index in [-0.39, 0.29) is 34.7 Å². The molecule has 3 aliphatic heterocycles. The maximum atomic E-state index is 15.1. The lowest BCUT2D eigenvalue weighted by atomic mass is 9.45. The van der Waals surface area contributed by atoms with Gasteiger partial charge >= 0.3 is 0 Å². The Kier molecular flexibility index (Phi) is 4.39. The summed E-state index contributed by atoms with van der Waals surface area (Å²) in [6.07, 6.45) is 5.83. The summed E-state index contributed by atoms with van der Waals surface area (Å²) in [7, 11) is 0. The van der Waals surface area contributed by atoms with E-state index in [1.807, 2.05) is 12.1 Å². The summed E-state index contributed by atoms with van der Waals surface area (Å²) in [6, 6.07) is 15.2. The van der Waals surface area contributed by atoms with Crippen LogP contribution in [-0.2, 0) is 9.53 Å². The number of nitrogens with one attached hydrogen (secondary N) is 1. The number of nitrogens with zero attached hydrogens (tertiary/aromatic N) is 2. The van der Waals surface area contributed by atoms with Crippen LogP contribution in [0.1, 0.15) is 36.3 Å². The van der Waals surface area contributed by atoms with Crippen molar-refractivity contribution in [3.8, 4) is 17.2 Å². The van der Waals surface area contributed by atoms with Gasteiger partial charge in [0.2, 0.25) is 5.91 Å². The number of aromatic nitrogens is 1. The molecule has 4 aliphatic rings. The van der Waals surface area contributed by atoms with Crippen LogP contribution in [0.2, 0.25) is 5.02 Å². The van der Waals surface area contributed by atoms with Crippen LogP contribution < -0.4 is 5.32 Å². The average Bonchev–Trinajstić information content (AvgIpc) is 3.46. The second-order valence-electron chi connectivity index (χ2n) is 9.09. The zero-order valence-electron chi connectivity index (χ0n) is 17.5. The smallest absolute Gasteiger partial charge is 0.234 e. The quantitative estimate of drug-likeness (QED) is 0.562. The minimum absolute atomic E-state index is 0.0249. The van der Waals surface area contributed by atoms with Crippen LogP contribution in [0.15, 0.2) is 60.9 Å². The number of hydrogen-bond acceptors (Lipinski definition) is 4. The highest BCUT2D eigenvalue weighted by atomic mass is 35.5. The SMILES string of the molecule is N#Cc1cc(Cl)ccc1-c1ccc(NC(=O)[C@@]23C[C@]4(CC[C@H]2O4)[C@H]3c2ccncc2)cc1F. The number of anilines is 1. The van der Waals surface area contributed by atoms with Gasteiger partial charge in [-0.2, -0.15) is 5.26 Å². The Hall–Kier alpha value is -3.27. The van der Waals surface area contributed by atoms with Gasteiger partial charge in [-0.05, 0) is 67.3 Å². The fraction of sp³-hybridized carbons (Fsp3) is 0.269. The standard InChI is InChI=1S/C26H19ClFN3O2/c27-17-1-3-19(16(11-17)13-29)20-4-2-18(12-21(20)28)31-24(32)26-14-25(8-5-22(26)33-25)23(26)15-6-9-30-10-7-15/h1-4,6-7,9-12,22-23H,5,8,14H2,(H,31,32)/t22-,23-,25-,26+/m1/s1. The van der Waals surface area contributed by atoms with Crippen LogP contribution >= 0.6 is 11.6 Å². The van der Waals surface area contributed by atoms with Crippen molar-refractivity contribution in [2.75, 3.05) is 5.32 Å². The molecule has 1 aromatic heterocycles. The second kappa shape index (κ2) is 7.11. The molecule has 1 amide bonds. The largest absolute Gasteiger partial charge is 0.370 e. The predicted molar refractivity (Wildman–Crippen MR) is 121 cm³/mol. The van der Waals surface area contributed by atoms with Crippen LogP contribution in [-0.4, -0.2) is 22.6 Å². The molecular formula is C26H19ClFN3O2. The molecule has 3 bridgehead atoms. The zero-order valence-corrected chi connectivity index (χ0v) is 18.3. The van der Waals surface area contributed by atoms with E-state index < -0.39 is 11.2 Å². The number of nitriles is 1. The Balaban J connectivity index is 1.30. The van der Waals surface area contributed by atoms with Gasteiger partial charge in [0, 0.05) is 40.1 Å². The first-order valence-electron chi connectivity index (χ1n) is 10.9. The number of carbonyl (C=O) groups is 1. The maximum absolute atomic E-state index is 15.1. The Labute approximate surface area is 195 Å². The fourth-order valence-corrected chi connectivity index (χ4v) is 6.41. The van der Waals surface area contributed by atoms with Crippen LogP contribution in [0.3, 0.4) is 0 Å². The molecule has 1 aliphatic carbocycles. The monoisotopic (exact) mass is 459 g/mol. The number of rotatable bonds is 4. The van der Waals surface area contributed by atoms with E-state index in [0.29, 0.717) is 22.7 Å². The van der Waals surface area contributed by atoms with Crippen LogP contribution in [0.4, 0.5) is 10.1 Å². The Bertz CT molecular complexity index is 1340. The number of benzene rings is 2. The van der Waals surface area contributed by atoms with Gasteiger partial charge in [0.15, 0.2) is 0 Å². The molecule has 0 unspecified atom stereocenters. The minimum Gasteiger partial charge on any atom is -0.370 e. The molecule has 7 rings (SSSR count). The van der Waals surface area contributed by atoms with E-state index in [0.717, 1.165) is 18.4 Å². The first-order valence-corrected chi connectivity index (χ1v) is 11.2. The van der Waals surface area contributed by atoms with Crippen molar-refractivity contribution in [2.45, 2.75) is 36.9 Å². The highest BCUT2D eigenvalue weighted by Crippen LogP contribution is 2.76. The molecule has 0 radical (unpaired) electrons. The van der Waals surface area contributed by atoms with Crippen molar-refractivity contribution >= 4 is 23.2 Å². The van der Waals surface area contributed by atoms with E-state index in [2.05, 4.69) is 16.4 Å². The lowest BCUT2D eigenvalue weighted by molar-refractivity contribution is -0.136. The van der Waals surface area contributed by atoms with E-state index in [1.54, 1.807) is 36.7 Å². The van der Waals surface area contributed by atoms with Crippen molar-refractivity contribution in [1.29, 1.82) is 5.26 Å². The third kappa shape index (κ3) is 2.79. The van der Waals surface area contributed by atoms with E-state index >= 15 is 4.39 Å². The van der Waals surface area contributed by atoms with E-state index in [1.165, 1.54) is 12.1 Å². The molecule has 7 heteroatoms. The molecule has 1 N–H and O–H groups in total. The normalized spacial score (nSPS) is 28.8. The first kappa shape index (κ1) is 20.3. The first-order chi connectivity index (χ1) is 16.0. The van der Waals surface area contributed by atoms with Crippen LogP contribution in [0.5, 0.6) is 0 Å². The maximum Gasteiger partial charge on any atom is 0.234 e. The molecule has 164 valence electrons. The zero-order chi connectivity index (χ0) is 22.8. The average molecular weight is 460 g/mol. The summed E-state index contributed by atoms with van der Waals surface area (Å²) in [5.41, 5.74) is 1.52. The van der Waals surface area contributed by atoms with Gasteiger partial charge < -0.3 is 10.1 Å². The fourth-order valence-electron chi connectivity index (χ4n) is 6.24. The number of hydrogen-bond donors (Lipinski definition) is 1. The van der Waals surface area contributed by atoms with E-state index in [4.69, 9.17) is 16.3 Å². The highest BCUT2D eigenvalue weighted by molar-refractivity contribution is 6.30. The lowest BCUT2D eigenvalue weighted by Crippen LogP contribution is -2.62. The lowest BCUT2D eigenvalue weighted by Gasteiger charge is -2.55. The van der Waals surface area contributed by atoms with E-state index in [9.17, 15) is 10.1 Å². The topological polar surface area (TPSA) is 75.0 Å². The highest BCUT2D eigenvalue weighted by Gasteiger charge is 2.80. The van der Waals surface area contributed by atoms with Gasteiger partial charge in [0.1, 0.15) is 5.82 Å². The van der Waals surface area contributed by atoms with Crippen molar-refractivity contribution in [2.24, 2.45) is 5.41 Å². The third-order valence-corrected chi connectivity index (χ3v) is 7.73. The molecule has 3 saturated heterocycles. The van der Waals surface area contributed by atoms with Gasteiger partial charge in [-0.15, -0.1) is 0 Å². The van der Waals surface area contributed by atoms with Gasteiger partial charge in [0.05, 0.1) is 28.8 Å². The van der Waals surface area contributed by atoms with Crippen molar-refractivity contribution < 1.29 is 13.9 Å². The van der Waals surface area contributed by atoms with Crippen molar-refractivity contribution in [1.82, 2.24) is 4.98 Å². The van der Waals surface area contributed by atoms with Crippen LogP contribution in [0.25, 0.3) is 11.1 Å². The Morgan fingerprint density at radius 2 is 1.97 bits per heavy atom. The molecule has 1 spiro atoms.